The second-order valence-corrected chi connectivity index (χ2v) is 2.80. The van der Waals surface area contributed by atoms with Crippen LogP contribution in [0.1, 0.15) is 18.5 Å². The van der Waals surface area contributed by atoms with Crippen molar-refractivity contribution in [1.29, 1.82) is 0 Å². The van der Waals surface area contributed by atoms with E-state index in [2.05, 4.69) is 15.5 Å². The summed E-state index contributed by atoms with van der Waals surface area (Å²) in [6, 6.07) is 2.03. The molecular weight excluding hydrogens is 126 g/mol. The topological polar surface area (TPSA) is 40.7 Å². The Morgan fingerprint density at radius 2 is 2.50 bits per heavy atom. The molecule has 1 saturated carbocycles. The van der Waals surface area contributed by atoms with Crippen LogP contribution in [-0.2, 0) is 5.54 Å². The molecule has 0 aromatic carbocycles. The molecule has 0 unspecified atom stereocenters. The average Bonchev–Trinajstić information content (AvgIpc) is 2.58. The van der Waals surface area contributed by atoms with Crippen LogP contribution in [-0.4, -0.2) is 17.2 Å². The standard InChI is InChI=1S/C7H11N3/c1-8-7(3-4-7)6-2-5-9-10-6/h2,5,8H,3-4H2,1H3,(H,9,10). The lowest BCUT2D eigenvalue weighted by molar-refractivity contribution is 0.566. The van der Waals surface area contributed by atoms with E-state index in [1.54, 1.807) is 6.20 Å². The molecule has 1 aliphatic carbocycles. The van der Waals surface area contributed by atoms with Crippen molar-refractivity contribution in [2.75, 3.05) is 7.05 Å². The van der Waals surface area contributed by atoms with Crippen LogP contribution in [0.3, 0.4) is 0 Å². The third-order valence-corrected chi connectivity index (χ3v) is 2.24. The Bertz CT molecular complexity index is 211. The van der Waals surface area contributed by atoms with Gasteiger partial charge in [-0.25, -0.2) is 0 Å². The summed E-state index contributed by atoms with van der Waals surface area (Å²) in [6.45, 7) is 0. The monoisotopic (exact) mass is 137 g/mol. The highest BCUT2D eigenvalue weighted by molar-refractivity contribution is 5.20. The van der Waals surface area contributed by atoms with Crippen LogP contribution in [0.4, 0.5) is 0 Å². The van der Waals surface area contributed by atoms with Crippen LogP contribution in [0.15, 0.2) is 12.3 Å². The Balaban J connectivity index is 2.27. The van der Waals surface area contributed by atoms with Crippen molar-refractivity contribution in [1.82, 2.24) is 15.5 Å². The molecule has 10 heavy (non-hydrogen) atoms. The lowest BCUT2D eigenvalue weighted by Gasteiger charge is -2.09. The molecule has 1 aromatic rings. The maximum Gasteiger partial charge on any atom is 0.0602 e. The lowest BCUT2D eigenvalue weighted by Crippen LogP contribution is -2.24. The number of rotatable bonds is 2. The molecule has 1 heterocycles. The van der Waals surface area contributed by atoms with E-state index in [0.29, 0.717) is 0 Å². The van der Waals surface area contributed by atoms with E-state index in [4.69, 9.17) is 0 Å². The first-order valence-corrected chi connectivity index (χ1v) is 3.56. The molecule has 1 aromatic heterocycles. The average molecular weight is 137 g/mol. The number of hydrogen-bond acceptors (Lipinski definition) is 2. The highest BCUT2D eigenvalue weighted by Crippen LogP contribution is 2.43. The summed E-state index contributed by atoms with van der Waals surface area (Å²) in [5.74, 6) is 0. The van der Waals surface area contributed by atoms with Gasteiger partial charge < -0.3 is 5.32 Å². The Morgan fingerprint density at radius 3 is 2.90 bits per heavy atom. The van der Waals surface area contributed by atoms with Gasteiger partial charge in [0, 0.05) is 6.20 Å². The highest BCUT2D eigenvalue weighted by Gasteiger charge is 2.43. The van der Waals surface area contributed by atoms with Gasteiger partial charge in [0.25, 0.3) is 0 Å². The van der Waals surface area contributed by atoms with Crippen molar-refractivity contribution in [3.05, 3.63) is 18.0 Å². The summed E-state index contributed by atoms with van der Waals surface area (Å²) in [6.07, 6.45) is 4.25. The molecular formula is C7H11N3. The highest BCUT2D eigenvalue weighted by atomic mass is 15.1. The number of hydrogen-bond donors (Lipinski definition) is 2. The molecule has 0 radical (unpaired) electrons. The largest absolute Gasteiger partial charge is 0.309 e. The molecule has 1 fully saturated rings. The van der Waals surface area contributed by atoms with Crippen molar-refractivity contribution in [3.63, 3.8) is 0 Å². The molecule has 1 aliphatic rings. The van der Waals surface area contributed by atoms with Gasteiger partial charge in [0.2, 0.25) is 0 Å². The van der Waals surface area contributed by atoms with E-state index in [-0.39, 0.29) is 5.54 Å². The van der Waals surface area contributed by atoms with Crippen LogP contribution < -0.4 is 5.32 Å². The van der Waals surface area contributed by atoms with Crippen molar-refractivity contribution in [2.45, 2.75) is 18.4 Å². The zero-order valence-electron chi connectivity index (χ0n) is 6.02. The third kappa shape index (κ3) is 0.671. The molecule has 0 bridgehead atoms. The van der Waals surface area contributed by atoms with E-state index >= 15 is 0 Å². The normalized spacial score (nSPS) is 20.9. The van der Waals surface area contributed by atoms with Gasteiger partial charge in [0.15, 0.2) is 0 Å². The molecule has 3 nitrogen and oxygen atoms in total. The number of aromatic nitrogens is 2. The maximum absolute atomic E-state index is 3.91. The zero-order valence-corrected chi connectivity index (χ0v) is 6.02. The van der Waals surface area contributed by atoms with Gasteiger partial charge in [0.1, 0.15) is 0 Å². The third-order valence-electron chi connectivity index (χ3n) is 2.24. The minimum atomic E-state index is 0.247. The summed E-state index contributed by atoms with van der Waals surface area (Å²) in [5, 5.41) is 10.2. The van der Waals surface area contributed by atoms with E-state index < -0.39 is 0 Å². The number of nitrogens with zero attached hydrogens (tertiary/aromatic N) is 1. The van der Waals surface area contributed by atoms with Gasteiger partial charge in [-0.15, -0.1) is 0 Å². The quantitative estimate of drug-likeness (QED) is 0.627. The summed E-state index contributed by atoms with van der Waals surface area (Å²) < 4.78 is 0. The first-order chi connectivity index (χ1) is 4.87. The first-order valence-electron chi connectivity index (χ1n) is 3.56. The minimum Gasteiger partial charge on any atom is -0.309 e. The van der Waals surface area contributed by atoms with Gasteiger partial charge >= 0.3 is 0 Å². The molecule has 2 N–H and O–H groups in total. The fraction of sp³-hybridized carbons (Fsp3) is 0.571. The summed E-state index contributed by atoms with van der Waals surface area (Å²) >= 11 is 0. The molecule has 0 saturated heterocycles. The van der Waals surface area contributed by atoms with Crippen LogP contribution in [0.25, 0.3) is 0 Å². The second-order valence-electron chi connectivity index (χ2n) is 2.80. The van der Waals surface area contributed by atoms with Gasteiger partial charge in [-0.05, 0) is 26.0 Å². The Hall–Kier alpha value is -0.830. The summed E-state index contributed by atoms with van der Waals surface area (Å²) in [7, 11) is 1.99. The molecule has 0 aliphatic heterocycles. The van der Waals surface area contributed by atoms with Crippen molar-refractivity contribution in [2.24, 2.45) is 0 Å². The molecule has 0 atom stereocenters. The second kappa shape index (κ2) is 1.83. The van der Waals surface area contributed by atoms with Crippen LogP contribution in [0.5, 0.6) is 0 Å². The van der Waals surface area contributed by atoms with Gasteiger partial charge in [-0.3, -0.25) is 5.10 Å². The van der Waals surface area contributed by atoms with Crippen molar-refractivity contribution < 1.29 is 0 Å². The fourth-order valence-electron chi connectivity index (χ4n) is 1.30. The van der Waals surface area contributed by atoms with Gasteiger partial charge in [-0.2, -0.15) is 5.10 Å². The number of aromatic amines is 1. The fourth-order valence-corrected chi connectivity index (χ4v) is 1.30. The van der Waals surface area contributed by atoms with E-state index in [1.807, 2.05) is 13.1 Å². The summed E-state index contributed by atoms with van der Waals surface area (Å²) in [4.78, 5) is 0. The number of nitrogens with one attached hydrogen (secondary N) is 2. The van der Waals surface area contributed by atoms with E-state index in [0.717, 1.165) is 0 Å². The zero-order chi connectivity index (χ0) is 7.03. The molecule has 2 rings (SSSR count). The van der Waals surface area contributed by atoms with Crippen LogP contribution in [0.2, 0.25) is 0 Å². The predicted octanol–water partition coefficient (Wildman–Crippen LogP) is 0.618. The van der Waals surface area contributed by atoms with Gasteiger partial charge in [-0.1, -0.05) is 0 Å². The smallest absolute Gasteiger partial charge is 0.0602 e. The van der Waals surface area contributed by atoms with Crippen molar-refractivity contribution in [3.8, 4) is 0 Å². The summed E-state index contributed by atoms with van der Waals surface area (Å²) in [5.41, 5.74) is 1.46. The predicted molar refractivity (Wildman–Crippen MR) is 38.6 cm³/mol. The maximum atomic E-state index is 3.91. The Labute approximate surface area is 59.8 Å². The number of H-pyrrole nitrogens is 1. The lowest BCUT2D eigenvalue weighted by atomic mass is 10.2. The molecule has 0 spiro atoms. The van der Waals surface area contributed by atoms with E-state index in [1.165, 1.54) is 18.5 Å². The van der Waals surface area contributed by atoms with E-state index in [9.17, 15) is 0 Å². The Morgan fingerprint density at radius 1 is 1.70 bits per heavy atom. The Kier molecular flexibility index (Phi) is 1.08. The minimum absolute atomic E-state index is 0.247. The van der Waals surface area contributed by atoms with Gasteiger partial charge in [0.05, 0.1) is 11.2 Å². The van der Waals surface area contributed by atoms with Crippen LogP contribution >= 0.6 is 0 Å². The SMILES string of the molecule is CNC1(c2ccn[nH]2)CC1. The molecule has 54 valence electrons. The molecule has 3 heteroatoms. The first kappa shape index (κ1) is 5.92. The van der Waals surface area contributed by atoms with Crippen LogP contribution in [0, 0.1) is 0 Å². The van der Waals surface area contributed by atoms with Crippen molar-refractivity contribution >= 4 is 0 Å². The molecule has 0 amide bonds.